The highest BCUT2D eigenvalue weighted by atomic mass is 19.3. The number of ether oxygens (including phenoxy) is 1. The summed E-state index contributed by atoms with van der Waals surface area (Å²) in [6.07, 6.45) is 1.29. The molecular weight excluding hydrogens is 528 g/mol. The SMILES string of the molecule is CC1=Nc2ccc(-c3ccn4nc(N[C@@H]5CCNCC5(F)F)nc(NC5COC5)c34)nc2CC1CCCC(F)F. The molecule has 6 heterocycles. The van der Waals surface area contributed by atoms with Gasteiger partial charge in [0.25, 0.3) is 5.92 Å². The molecule has 0 aromatic carbocycles. The molecule has 0 aliphatic carbocycles. The molecule has 3 aliphatic heterocycles. The highest BCUT2D eigenvalue weighted by Gasteiger charge is 2.42. The zero-order valence-corrected chi connectivity index (χ0v) is 22.1. The van der Waals surface area contributed by atoms with Crippen molar-refractivity contribution in [2.75, 3.05) is 36.9 Å². The molecule has 1 unspecified atom stereocenters. The number of hydrogen-bond acceptors (Lipinski definition) is 8. The number of pyridine rings is 1. The molecule has 13 heteroatoms. The van der Waals surface area contributed by atoms with Crippen LogP contribution in [0.4, 0.5) is 35.0 Å². The molecule has 6 rings (SSSR count). The van der Waals surface area contributed by atoms with Crippen LogP contribution in [-0.4, -0.2) is 76.0 Å². The lowest BCUT2D eigenvalue weighted by atomic mass is 9.89. The van der Waals surface area contributed by atoms with Gasteiger partial charge in [-0.15, -0.1) is 5.10 Å². The van der Waals surface area contributed by atoms with Crippen LogP contribution in [0.25, 0.3) is 16.8 Å². The Morgan fingerprint density at radius 3 is 2.77 bits per heavy atom. The average molecular weight is 561 g/mol. The number of hydrogen-bond donors (Lipinski definition) is 3. The first-order valence-corrected chi connectivity index (χ1v) is 13.7. The fourth-order valence-electron chi connectivity index (χ4n) is 5.46. The minimum atomic E-state index is -2.93. The lowest BCUT2D eigenvalue weighted by Crippen LogP contribution is -2.53. The Bertz CT molecular complexity index is 1410. The number of fused-ring (bicyclic) bond motifs is 2. The number of anilines is 2. The van der Waals surface area contributed by atoms with Crippen molar-refractivity contribution in [2.24, 2.45) is 10.9 Å². The number of nitrogens with zero attached hydrogens (tertiary/aromatic N) is 5. The van der Waals surface area contributed by atoms with E-state index in [1.54, 1.807) is 10.7 Å². The highest BCUT2D eigenvalue weighted by Crippen LogP contribution is 2.36. The number of rotatable bonds is 9. The molecule has 2 atom stereocenters. The van der Waals surface area contributed by atoms with Crippen LogP contribution < -0.4 is 16.0 Å². The van der Waals surface area contributed by atoms with Crippen molar-refractivity contribution in [1.82, 2.24) is 24.9 Å². The van der Waals surface area contributed by atoms with Crippen LogP contribution in [0.1, 0.15) is 38.3 Å². The van der Waals surface area contributed by atoms with Gasteiger partial charge >= 0.3 is 0 Å². The summed E-state index contributed by atoms with van der Waals surface area (Å²) in [5.41, 5.74) is 4.69. The molecule has 214 valence electrons. The summed E-state index contributed by atoms with van der Waals surface area (Å²) in [7, 11) is 0. The maximum atomic E-state index is 14.5. The van der Waals surface area contributed by atoms with Gasteiger partial charge < -0.3 is 20.7 Å². The van der Waals surface area contributed by atoms with E-state index in [0.717, 1.165) is 22.7 Å². The standard InChI is InChI=1S/C27H32F4N8O/c1-15-16(3-2-4-23(28)29)11-21-20(33-15)6-5-19(35-21)18-8-10-39-24(18)25(34-17-12-40-13-17)37-26(38-39)36-22-7-9-32-14-27(22,30)31/h5-6,8,10,16-17,22-23,32H,2-4,7,9,11-14H2,1H3,(H2,34,36,37,38)/t16?,22-/m1/s1. The van der Waals surface area contributed by atoms with Gasteiger partial charge in [-0.05, 0) is 57.4 Å². The second-order valence-electron chi connectivity index (χ2n) is 10.7. The van der Waals surface area contributed by atoms with Gasteiger partial charge in [0.15, 0.2) is 5.82 Å². The quantitative estimate of drug-likeness (QED) is 0.326. The van der Waals surface area contributed by atoms with Gasteiger partial charge in [-0.25, -0.2) is 22.1 Å². The minimum absolute atomic E-state index is 0.0393. The molecule has 3 aromatic heterocycles. The van der Waals surface area contributed by atoms with Crippen LogP contribution in [0.15, 0.2) is 29.4 Å². The van der Waals surface area contributed by atoms with Crippen LogP contribution in [0, 0.1) is 5.92 Å². The Hall–Kier alpha value is -3.32. The number of aromatic nitrogens is 4. The van der Waals surface area contributed by atoms with Crippen LogP contribution in [0.2, 0.25) is 0 Å². The van der Waals surface area contributed by atoms with Crippen molar-refractivity contribution in [3.05, 3.63) is 30.1 Å². The molecule has 3 aromatic rings. The second-order valence-corrected chi connectivity index (χ2v) is 10.7. The first kappa shape index (κ1) is 26.9. The van der Waals surface area contributed by atoms with E-state index < -0.39 is 24.9 Å². The zero-order valence-electron chi connectivity index (χ0n) is 22.1. The lowest BCUT2D eigenvalue weighted by molar-refractivity contribution is -0.0324. The van der Waals surface area contributed by atoms with Gasteiger partial charge in [-0.2, -0.15) is 4.98 Å². The fraction of sp³-hybridized carbons (Fsp3) is 0.556. The number of halogens is 4. The van der Waals surface area contributed by atoms with Gasteiger partial charge in [0.2, 0.25) is 12.4 Å². The Balaban J connectivity index is 1.32. The Morgan fingerprint density at radius 2 is 2.02 bits per heavy atom. The third-order valence-corrected chi connectivity index (χ3v) is 7.80. The predicted octanol–water partition coefficient (Wildman–Crippen LogP) is 4.71. The van der Waals surface area contributed by atoms with Crippen molar-refractivity contribution in [1.29, 1.82) is 0 Å². The van der Waals surface area contributed by atoms with Crippen molar-refractivity contribution < 1.29 is 22.3 Å². The van der Waals surface area contributed by atoms with Crippen LogP contribution >= 0.6 is 0 Å². The second kappa shape index (κ2) is 10.9. The summed E-state index contributed by atoms with van der Waals surface area (Å²) in [4.78, 5) is 14.2. The number of nitrogens with one attached hydrogen (secondary N) is 3. The van der Waals surface area contributed by atoms with Gasteiger partial charge in [-0.1, -0.05) is 0 Å². The molecule has 0 saturated carbocycles. The van der Waals surface area contributed by atoms with E-state index >= 15 is 0 Å². The van der Waals surface area contributed by atoms with Crippen LogP contribution in [0.3, 0.4) is 0 Å². The van der Waals surface area contributed by atoms with Gasteiger partial charge in [0.05, 0.1) is 48.9 Å². The smallest absolute Gasteiger partial charge is 0.280 e. The Labute approximate surface area is 228 Å². The average Bonchev–Trinajstić information content (AvgIpc) is 3.31. The summed E-state index contributed by atoms with van der Waals surface area (Å²) in [6, 6.07) is 4.64. The summed E-state index contributed by atoms with van der Waals surface area (Å²) >= 11 is 0. The van der Waals surface area contributed by atoms with E-state index in [-0.39, 0.29) is 30.7 Å². The molecule has 0 spiro atoms. The van der Waals surface area contributed by atoms with E-state index in [1.807, 2.05) is 25.1 Å². The van der Waals surface area contributed by atoms with Crippen molar-refractivity contribution in [2.45, 2.75) is 63.5 Å². The fourth-order valence-corrected chi connectivity index (χ4v) is 5.46. The summed E-state index contributed by atoms with van der Waals surface area (Å²) in [5.74, 6) is -2.25. The predicted molar refractivity (Wildman–Crippen MR) is 144 cm³/mol. The molecule has 9 nitrogen and oxygen atoms in total. The molecular formula is C27H32F4N8O. The van der Waals surface area contributed by atoms with E-state index in [1.165, 1.54) is 0 Å². The monoisotopic (exact) mass is 560 g/mol. The summed E-state index contributed by atoms with van der Waals surface area (Å²) in [6.45, 7) is 3.06. The summed E-state index contributed by atoms with van der Waals surface area (Å²) < 4.78 is 61.3. The van der Waals surface area contributed by atoms with E-state index in [2.05, 4.69) is 26.0 Å². The van der Waals surface area contributed by atoms with E-state index in [9.17, 15) is 17.6 Å². The van der Waals surface area contributed by atoms with Crippen LogP contribution in [-0.2, 0) is 11.2 Å². The maximum absolute atomic E-state index is 14.5. The zero-order chi connectivity index (χ0) is 27.9. The van der Waals surface area contributed by atoms with E-state index in [4.69, 9.17) is 14.7 Å². The normalized spacial score (nSPS) is 22.6. The van der Waals surface area contributed by atoms with Gasteiger partial charge in [0, 0.05) is 29.8 Å². The van der Waals surface area contributed by atoms with Crippen molar-refractivity contribution in [3.8, 4) is 11.3 Å². The Kier molecular flexibility index (Phi) is 7.34. The van der Waals surface area contributed by atoms with Gasteiger partial charge in [-0.3, -0.25) is 9.98 Å². The molecule has 0 radical (unpaired) electrons. The number of aliphatic imine (C=N–C) groups is 1. The molecule has 0 bridgehead atoms. The van der Waals surface area contributed by atoms with Crippen molar-refractivity contribution in [3.63, 3.8) is 0 Å². The maximum Gasteiger partial charge on any atom is 0.280 e. The Morgan fingerprint density at radius 1 is 1.18 bits per heavy atom. The topological polar surface area (TPSA) is 101 Å². The molecule has 2 fully saturated rings. The number of alkyl halides is 4. The largest absolute Gasteiger partial charge is 0.377 e. The first-order chi connectivity index (χ1) is 19.3. The molecule has 2 saturated heterocycles. The lowest BCUT2D eigenvalue weighted by Gasteiger charge is -2.32. The third-order valence-electron chi connectivity index (χ3n) is 7.80. The molecule has 3 aliphatic rings. The highest BCUT2D eigenvalue weighted by molar-refractivity contribution is 5.90. The molecule has 0 amide bonds. The minimum Gasteiger partial charge on any atom is -0.377 e. The number of piperidine rings is 1. The third kappa shape index (κ3) is 5.49. The molecule has 40 heavy (non-hydrogen) atoms. The summed E-state index contributed by atoms with van der Waals surface area (Å²) in [5, 5.41) is 13.5. The molecule has 3 N–H and O–H groups in total. The van der Waals surface area contributed by atoms with Crippen molar-refractivity contribution >= 4 is 28.7 Å². The van der Waals surface area contributed by atoms with E-state index in [0.29, 0.717) is 56.0 Å². The van der Waals surface area contributed by atoms with Crippen LogP contribution in [0.5, 0.6) is 0 Å². The van der Waals surface area contributed by atoms with Gasteiger partial charge in [0.1, 0.15) is 5.52 Å². The first-order valence-electron chi connectivity index (χ1n) is 13.7.